The molecule has 0 aliphatic carbocycles. The summed E-state index contributed by atoms with van der Waals surface area (Å²) in [6, 6.07) is 5.86. The second kappa shape index (κ2) is 7.78. The highest BCUT2D eigenvalue weighted by atomic mass is 32.2. The first-order valence-electron chi connectivity index (χ1n) is 5.90. The summed E-state index contributed by atoms with van der Waals surface area (Å²) < 4.78 is 12.7. The molecule has 6 heteroatoms. The van der Waals surface area contributed by atoms with Gasteiger partial charge in [-0.15, -0.1) is 11.8 Å². The molecular weight excluding hydrogens is 269 g/mol. The van der Waals surface area contributed by atoms with Gasteiger partial charge in [0, 0.05) is 11.4 Å². The molecule has 2 N–H and O–H groups in total. The molecule has 0 aliphatic rings. The van der Waals surface area contributed by atoms with E-state index in [-0.39, 0.29) is 24.0 Å². The van der Waals surface area contributed by atoms with Gasteiger partial charge in [-0.05, 0) is 30.7 Å². The van der Waals surface area contributed by atoms with E-state index in [1.54, 1.807) is 19.1 Å². The molecule has 1 amide bonds. The van der Waals surface area contributed by atoms with Crippen molar-refractivity contribution in [1.29, 1.82) is 0 Å². The molecule has 104 valence electrons. The first-order chi connectivity index (χ1) is 9.02. The Morgan fingerprint density at radius 2 is 2.00 bits per heavy atom. The van der Waals surface area contributed by atoms with Crippen LogP contribution in [0, 0.1) is 11.7 Å². The molecule has 1 unspecified atom stereocenters. The number of hydrogen-bond acceptors (Lipinski definition) is 3. The standard InChI is InChI=1S/C13H16FNO3S/c1-2-9(13(17)18)7-15-12(16)8-19-11-5-3-10(14)4-6-11/h3-6,9H,2,7-8H2,1H3,(H,15,16)(H,17,18). The monoisotopic (exact) mass is 285 g/mol. The lowest BCUT2D eigenvalue weighted by atomic mass is 10.1. The summed E-state index contributed by atoms with van der Waals surface area (Å²) >= 11 is 1.28. The molecular formula is C13H16FNO3S. The molecule has 0 bridgehead atoms. The first-order valence-corrected chi connectivity index (χ1v) is 6.89. The van der Waals surface area contributed by atoms with Crippen molar-refractivity contribution in [3.8, 4) is 0 Å². The van der Waals surface area contributed by atoms with Gasteiger partial charge in [-0.25, -0.2) is 4.39 Å². The van der Waals surface area contributed by atoms with Crippen LogP contribution in [0.2, 0.25) is 0 Å². The minimum absolute atomic E-state index is 0.134. The molecule has 19 heavy (non-hydrogen) atoms. The van der Waals surface area contributed by atoms with Crippen LogP contribution in [0.4, 0.5) is 4.39 Å². The van der Waals surface area contributed by atoms with Crippen LogP contribution < -0.4 is 5.32 Å². The second-order valence-corrected chi connectivity index (χ2v) is 5.04. The molecule has 0 aromatic heterocycles. The quantitative estimate of drug-likeness (QED) is 0.753. The molecule has 1 rings (SSSR count). The highest BCUT2D eigenvalue weighted by molar-refractivity contribution is 8.00. The number of carboxylic acids is 1. The van der Waals surface area contributed by atoms with E-state index in [9.17, 15) is 14.0 Å². The Morgan fingerprint density at radius 1 is 1.37 bits per heavy atom. The van der Waals surface area contributed by atoms with Gasteiger partial charge >= 0.3 is 5.97 Å². The number of aliphatic carboxylic acids is 1. The molecule has 1 aromatic rings. The molecule has 1 atom stereocenters. The van der Waals surface area contributed by atoms with Crippen molar-refractivity contribution in [1.82, 2.24) is 5.32 Å². The zero-order valence-corrected chi connectivity index (χ0v) is 11.4. The summed E-state index contributed by atoms with van der Waals surface area (Å²) in [5.41, 5.74) is 0. The Kier molecular flexibility index (Phi) is 6.35. The zero-order chi connectivity index (χ0) is 14.3. The van der Waals surface area contributed by atoms with Gasteiger partial charge in [0.15, 0.2) is 0 Å². The van der Waals surface area contributed by atoms with Gasteiger partial charge < -0.3 is 10.4 Å². The van der Waals surface area contributed by atoms with Gasteiger partial charge in [-0.2, -0.15) is 0 Å². The molecule has 0 aliphatic heterocycles. The van der Waals surface area contributed by atoms with Gasteiger partial charge in [-0.3, -0.25) is 9.59 Å². The Morgan fingerprint density at radius 3 is 2.53 bits per heavy atom. The molecule has 0 spiro atoms. The zero-order valence-electron chi connectivity index (χ0n) is 10.6. The van der Waals surface area contributed by atoms with Crippen molar-refractivity contribution in [2.45, 2.75) is 18.2 Å². The largest absolute Gasteiger partial charge is 0.481 e. The minimum atomic E-state index is -0.908. The SMILES string of the molecule is CCC(CNC(=O)CSc1ccc(F)cc1)C(=O)O. The van der Waals surface area contributed by atoms with Crippen LogP contribution in [-0.4, -0.2) is 29.3 Å². The average molecular weight is 285 g/mol. The van der Waals surface area contributed by atoms with Crippen molar-refractivity contribution in [3.05, 3.63) is 30.1 Å². The third-order valence-corrected chi connectivity index (χ3v) is 3.58. The summed E-state index contributed by atoms with van der Waals surface area (Å²) in [5.74, 6) is -1.83. The molecule has 0 heterocycles. The maximum Gasteiger partial charge on any atom is 0.308 e. The number of carboxylic acid groups (broad SMARTS) is 1. The van der Waals surface area contributed by atoms with Crippen LogP contribution in [0.1, 0.15) is 13.3 Å². The van der Waals surface area contributed by atoms with Crippen LogP contribution >= 0.6 is 11.8 Å². The Labute approximate surface area is 115 Å². The number of amides is 1. The minimum Gasteiger partial charge on any atom is -0.481 e. The Balaban J connectivity index is 2.31. The smallest absolute Gasteiger partial charge is 0.308 e. The van der Waals surface area contributed by atoms with Gasteiger partial charge in [0.1, 0.15) is 5.82 Å². The van der Waals surface area contributed by atoms with Crippen molar-refractivity contribution in [2.75, 3.05) is 12.3 Å². The number of thioether (sulfide) groups is 1. The van der Waals surface area contributed by atoms with Crippen LogP contribution in [-0.2, 0) is 9.59 Å². The van der Waals surface area contributed by atoms with E-state index in [2.05, 4.69) is 5.32 Å². The number of rotatable bonds is 7. The fourth-order valence-corrected chi connectivity index (χ4v) is 2.10. The molecule has 0 radical (unpaired) electrons. The summed E-state index contributed by atoms with van der Waals surface area (Å²) in [6.07, 6.45) is 0.473. The van der Waals surface area contributed by atoms with E-state index < -0.39 is 11.9 Å². The lowest BCUT2D eigenvalue weighted by Crippen LogP contribution is -2.33. The van der Waals surface area contributed by atoms with Crippen LogP contribution in [0.5, 0.6) is 0 Å². The maximum absolute atomic E-state index is 12.7. The van der Waals surface area contributed by atoms with E-state index in [1.807, 2.05) is 0 Å². The van der Waals surface area contributed by atoms with Crippen molar-refractivity contribution >= 4 is 23.6 Å². The Hall–Kier alpha value is -1.56. The summed E-state index contributed by atoms with van der Waals surface area (Å²) in [7, 11) is 0. The first kappa shape index (κ1) is 15.5. The van der Waals surface area contributed by atoms with E-state index in [4.69, 9.17) is 5.11 Å². The van der Waals surface area contributed by atoms with Crippen molar-refractivity contribution in [2.24, 2.45) is 5.92 Å². The molecule has 1 aromatic carbocycles. The number of carbonyl (C=O) groups excluding carboxylic acids is 1. The van der Waals surface area contributed by atoms with Crippen LogP contribution in [0.15, 0.2) is 29.2 Å². The third-order valence-electron chi connectivity index (χ3n) is 2.57. The second-order valence-electron chi connectivity index (χ2n) is 3.99. The van der Waals surface area contributed by atoms with Gasteiger partial charge in [0.05, 0.1) is 11.7 Å². The number of halogens is 1. The molecule has 4 nitrogen and oxygen atoms in total. The maximum atomic E-state index is 12.7. The fourth-order valence-electron chi connectivity index (χ4n) is 1.37. The number of hydrogen-bond donors (Lipinski definition) is 2. The predicted octanol–water partition coefficient (Wildman–Crippen LogP) is 2.14. The number of carbonyl (C=O) groups is 2. The summed E-state index contributed by atoms with van der Waals surface area (Å²) in [6.45, 7) is 1.90. The topological polar surface area (TPSA) is 66.4 Å². The fraction of sp³-hybridized carbons (Fsp3) is 0.385. The van der Waals surface area contributed by atoms with Crippen LogP contribution in [0.25, 0.3) is 0 Å². The average Bonchev–Trinajstić information content (AvgIpc) is 2.38. The summed E-state index contributed by atoms with van der Waals surface area (Å²) in [4.78, 5) is 23.1. The highest BCUT2D eigenvalue weighted by Crippen LogP contribution is 2.17. The Bertz CT molecular complexity index is 436. The van der Waals surface area contributed by atoms with Crippen molar-refractivity contribution in [3.63, 3.8) is 0 Å². The van der Waals surface area contributed by atoms with Gasteiger partial charge in [0.25, 0.3) is 0 Å². The van der Waals surface area contributed by atoms with Gasteiger partial charge in [0.2, 0.25) is 5.91 Å². The van der Waals surface area contributed by atoms with E-state index in [0.717, 1.165) is 4.90 Å². The highest BCUT2D eigenvalue weighted by Gasteiger charge is 2.15. The van der Waals surface area contributed by atoms with Gasteiger partial charge in [-0.1, -0.05) is 6.92 Å². The molecule has 0 fully saturated rings. The molecule has 0 saturated heterocycles. The number of nitrogens with one attached hydrogen (secondary N) is 1. The van der Waals surface area contributed by atoms with E-state index in [1.165, 1.54) is 23.9 Å². The summed E-state index contributed by atoms with van der Waals surface area (Å²) in [5, 5.41) is 11.4. The normalized spacial score (nSPS) is 11.9. The van der Waals surface area contributed by atoms with Crippen LogP contribution in [0.3, 0.4) is 0 Å². The van der Waals surface area contributed by atoms with Crippen molar-refractivity contribution < 1.29 is 19.1 Å². The lowest BCUT2D eigenvalue weighted by Gasteiger charge is -2.10. The van der Waals surface area contributed by atoms with E-state index >= 15 is 0 Å². The lowest BCUT2D eigenvalue weighted by molar-refractivity contribution is -0.141. The molecule has 0 saturated carbocycles. The predicted molar refractivity (Wildman–Crippen MR) is 71.6 cm³/mol. The van der Waals surface area contributed by atoms with E-state index in [0.29, 0.717) is 6.42 Å². The third kappa shape index (κ3) is 5.74. The number of benzene rings is 1.